The van der Waals surface area contributed by atoms with E-state index in [0.717, 1.165) is 12.0 Å². The lowest BCUT2D eigenvalue weighted by molar-refractivity contribution is -0.143. The van der Waals surface area contributed by atoms with Crippen LogP contribution in [0.5, 0.6) is 0 Å². The van der Waals surface area contributed by atoms with Crippen molar-refractivity contribution in [2.45, 2.75) is 44.7 Å². The van der Waals surface area contributed by atoms with Gasteiger partial charge >= 0.3 is 5.97 Å². The molecule has 4 heteroatoms. The van der Waals surface area contributed by atoms with Gasteiger partial charge in [0.15, 0.2) is 0 Å². The molecule has 0 saturated heterocycles. The third-order valence-electron chi connectivity index (χ3n) is 4.74. The summed E-state index contributed by atoms with van der Waals surface area (Å²) >= 11 is 0. The Kier molecular flexibility index (Phi) is 5.26. The van der Waals surface area contributed by atoms with Crippen molar-refractivity contribution >= 4 is 5.97 Å². The van der Waals surface area contributed by atoms with Gasteiger partial charge in [-0.05, 0) is 60.9 Å². The predicted octanol–water partition coefficient (Wildman–Crippen LogP) is 3.53. The first kappa shape index (κ1) is 16.7. The lowest BCUT2D eigenvalue weighted by Crippen LogP contribution is -2.32. The first-order chi connectivity index (χ1) is 11.7. The Morgan fingerprint density at radius 2 is 1.96 bits per heavy atom. The van der Waals surface area contributed by atoms with Crippen LogP contribution < -0.4 is 5.32 Å². The van der Waals surface area contributed by atoms with Crippen molar-refractivity contribution < 1.29 is 9.53 Å². The maximum absolute atomic E-state index is 12.2. The lowest BCUT2D eigenvalue weighted by Gasteiger charge is -2.24. The molecular weight excluding hydrogens is 300 g/mol. The first-order valence-electron chi connectivity index (χ1n) is 8.54. The molecule has 0 saturated carbocycles. The number of pyridine rings is 1. The summed E-state index contributed by atoms with van der Waals surface area (Å²) in [4.78, 5) is 16.3. The molecule has 0 spiro atoms. The number of carbonyl (C=O) groups is 1. The minimum atomic E-state index is -0.519. The van der Waals surface area contributed by atoms with Crippen molar-refractivity contribution in [3.63, 3.8) is 0 Å². The number of methoxy groups -OCH3 is 1. The number of benzene rings is 1. The summed E-state index contributed by atoms with van der Waals surface area (Å²) in [5.74, 6) is -0.298. The average Bonchev–Trinajstić information content (AvgIpc) is 2.65. The SMILES string of the molecule is COC(=O)[C@H](N[C@@H](C)c1ccc2c(c1)CCCC2)c1cccnc1. The molecule has 126 valence electrons. The van der Waals surface area contributed by atoms with E-state index >= 15 is 0 Å². The number of esters is 1. The van der Waals surface area contributed by atoms with Gasteiger partial charge in [0.1, 0.15) is 6.04 Å². The van der Waals surface area contributed by atoms with Crippen LogP contribution in [0.15, 0.2) is 42.7 Å². The molecule has 0 amide bonds. The molecule has 0 bridgehead atoms. The lowest BCUT2D eigenvalue weighted by atomic mass is 9.89. The number of hydrogen-bond acceptors (Lipinski definition) is 4. The van der Waals surface area contributed by atoms with Crippen LogP contribution in [-0.4, -0.2) is 18.1 Å². The Hall–Kier alpha value is -2.20. The van der Waals surface area contributed by atoms with Crippen LogP contribution in [0.2, 0.25) is 0 Å². The number of aromatic nitrogens is 1. The normalized spacial score (nSPS) is 16.1. The second kappa shape index (κ2) is 7.58. The van der Waals surface area contributed by atoms with Gasteiger partial charge in [0, 0.05) is 18.4 Å². The fourth-order valence-electron chi connectivity index (χ4n) is 3.33. The van der Waals surface area contributed by atoms with E-state index < -0.39 is 6.04 Å². The van der Waals surface area contributed by atoms with Gasteiger partial charge in [-0.15, -0.1) is 0 Å². The van der Waals surface area contributed by atoms with E-state index in [2.05, 4.69) is 35.4 Å². The van der Waals surface area contributed by atoms with E-state index in [1.54, 1.807) is 12.4 Å². The zero-order chi connectivity index (χ0) is 16.9. The maximum atomic E-state index is 12.2. The Morgan fingerprint density at radius 3 is 2.67 bits per heavy atom. The summed E-state index contributed by atoms with van der Waals surface area (Å²) in [6.45, 7) is 2.08. The number of aryl methyl sites for hydroxylation is 2. The number of nitrogens with one attached hydrogen (secondary N) is 1. The fraction of sp³-hybridized carbons (Fsp3) is 0.400. The predicted molar refractivity (Wildman–Crippen MR) is 93.6 cm³/mol. The molecule has 1 aromatic carbocycles. The monoisotopic (exact) mass is 324 g/mol. The van der Waals surface area contributed by atoms with E-state index in [4.69, 9.17) is 4.74 Å². The highest BCUT2D eigenvalue weighted by molar-refractivity contribution is 5.77. The third-order valence-corrected chi connectivity index (χ3v) is 4.74. The molecule has 0 aliphatic heterocycles. The quantitative estimate of drug-likeness (QED) is 0.855. The summed E-state index contributed by atoms with van der Waals surface area (Å²) in [5, 5.41) is 3.39. The van der Waals surface area contributed by atoms with Gasteiger partial charge in [-0.1, -0.05) is 24.3 Å². The molecule has 1 N–H and O–H groups in total. The highest BCUT2D eigenvalue weighted by atomic mass is 16.5. The molecule has 0 fully saturated rings. The van der Waals surface area contributed by atoms with Crippen molar-refractivity contribution in [3.05, 3.63) is 65.0 Å². The van der Waals surface area contributed by atoms with E-state index in [0.29, 0.717) is 0 Å². The van der Waals surface area contributed by atoms with Crippen LogP contribution >= 0.6 is 0 Å². The second-order valence-corrected chi connectivity index (χ2v) is 6.37. The van der Waals surface area contributed by atoms with Gasteiger partial charge in [-0.3, -0.25) is 10.3 Å². The zero-order valence-electron chi connectivity index (χ0n) is 14.3. The molecule has 2 atom stereocenters. The second-order valence-electron chi connectivity index (χ2n) is 6.37. The summed E-state index contributed by atoms with van der Waals surface area (Å²) in [7, 11) is 1.41. The summed E-state index contributed by atoms with van der Waals surface area (Å²) in [6.07, 6.45) is 8.28. The van der Waals surface area contributed by atoms with Crippen LogP contribution in [0.25, 0.3) is 0 Å². The van der Waals surface area contributed by atoms with Crippen LogP contribution in [0.3, 0.4) is 0 Å². The van der Waals surface area contributed by atoms with Gasteiger partial charge < -0.3 is 4.74 Å². The minimum Gasteiger partial charge on any atom is -0.468 e. The molecule has 2 aromatic rings. The Balaban J connectivity index is 1.80. The van der Waals surface area contributed by atoms with Crippen molar-refractivity contribution in [1.29, 1.82) is 0 Å². The van der Waals surface area contributed by atoms with Crippen LogP contribution in [0.1, 0.15) is 54.1 Å². The number of ether oxygens (including phenoxy) is 1. The number of nitrogens with zero attached hydrogens (tertiary/aromatic N) is 1. The molecule has 3 rings (SSSR count). The Bertz CT molecular complexity index is 700. The highest BCUT2D eigenvalue weighted by Gasteiger charge is 2.24. The molecule has 24 heavy (non-hydrogen) atoms. The largest absolute Gasteiger partial charge is 0.468 e. The van der Waals surface area contributed by atoms with Crippen molar-refractivity contribution in [2.75, 3.05) is 7.11 Å². The molecule has 1 aromatic heterocycles. The van der Waals surface area contributed by atoms with Gasteiger partial charge in [0.05, 0.1) is 7.11 Å². The van der Waals surface area contributed by atoms with Crippen molar-refractivity contribution in [2.24, 2.45) is 0 Å². The van der Waals surface area contributed by atoms with E-state index in [-0.39, 0.29) is 12.0 Å². The third kappa shape index (κ3) is 3.65. The molecule has 0 radical (unpaired) electrons. The van der Waals surface area contributed by atoms with Gasteiger partial charge in [-0.2, -0.15) is 0 Å². The molecule has 1 aliphatic carbocycles. The van der Waals surface area contributed by atoms with Crippen LogP contribution in [-0.2, 0) is 22.4 Å². The molecule has 1 aliphatic rings. The van der Waals surface area contributed by atoms with Gasteiger partial charge in [-0.25, -0.2) is 4.79 Å². The van der Waals surface area contributed by atoms with E-state index in [1.165, 1.54) is 43.1 Å². The number of fused-ring (bicyclic) bond motifs is 1. The maximum Gasteiger partial charge on any atom is 0.327 e. The molecule has 1 heterocycles. The van der Waals surface area contributed by atoms with Crippen LogP contribution in [0.4, 0.5) is 0 Å². The van der Waals surface area contributed by atoms with Gasteiger partial charge in [0.25, 0.3) is 0 Å². The Labute approximate surface area is 143 Å². The number of rotatable bonds is 5. The standard InChI is InChI=1S/C20H24N2O2/c1-14(16-10-9-15-6-3-4-7-17(15)12-16)22-19(20(23)24-2)18-8-5-11-21-13-18/h5,8-14,19,22H,3-4,6-7H2,1-2H3/t14-,19+/m0/s1. The molecule has 4 nitrogen and oxygen atoms in total. The summed E-state index contributed by atoms with van der Waals surface area (Å²) in [5.41, 5.74) is 4.93. The Morgan fingerprint density at radius 1 is 1.17 bits per heavy atom. The van der Waals surface area contributed by atoms with Gasteiger partial charge in [0.2, 0.25) is 0 Å². The molecular formula is C20H24N2O2. The first-order valence-corrected chi connectivity index (χ1v) is 8.54. The average molecular weight is 324 g/mol. The smallest absolute Gasteiger partial charge is 0.327 e. The van der Waals surface area contributed by atoms with Crippen molar-refractivity contribution in [3.8, 4) is 0 Å². The molecule has 0 unspecified atom stereocenters. The topological polar surface area (TPSA) is 51.2 Å². The number of hydrogen-bond donors (Lipinski definition) is 1. The summed E-state index contributed by atoms with van der Waals surface area (Å²) < 4.78 is 4.96. The van der Waals surface area contributed by atoms with Crippen LogP contribution in [0, 0.1) is 0 Å². The van der Waals surface area contributed by atoms with Crippen molar-refractivity contribution in [1.82, 2.24) is 10.3 Å². The van der Waals surface area contributed by atoms with E-state index in [1.807, 2.05) is 12.1 Å². The fourth-order valence-corrected chi connectivity index (χ4v) is 3.33. The minimum absolute atomic E-state index is 0.0431. The highest BCUT2D eigenvalue weighted by Crippen LogP contribution is 2.26. The summed E-state index contributed by atoms with van der Waals surface area (Å²) in [6, 6.07) is 9.93. The number of carbonyl (C=O) groups excluding carboxylic acids is 1. The van der Waals surface area contributed by atoms with E-state index in [9.17, 15) is 4.79 Å². The zero-order valence-corrected chi connectivity index (χ0v) is 14.3.